The van der Waals surface area contributed by atoms with E-state index in [1.54, 1.807) is 0 Å². The van der Waals surface area contributed by atoms with Gasteiger partial charge in [0, 0.05) is 12.6 Å². The average Bonchev–Trinajstić information content (AvgIpc) is 2.49. The van der Waals surface area contributed by atoms with Gasteiger partial charge in [0.2, 0.25) is 0 Å². The molecule has 0 aromatic heterocycles. The van der Waals surface area contributed by atoms with Crippen molar-refractivity contribution in [3.05, 3.63) is 0 Å². The van der Waals surface area contributed by atoms with Crippen molar-refractivity contribution in [2.24, 2.45) is 5.41 Å². The van der Waals surface area contributed by atoms with Gasteiger partial charge in [-0.2, -0.15) is 0 Å². The lowest BCUT2D eigenvalue weighted by Gasteiger charge is -2.33. The Bertz CT molecular complexity index is 196. The molecule has 0 aromatic carbocycles. The fraction of sp³-hybridized carbons (Fsp3) is 0.900. The molecule has 1 aliphatic heterocycles. The first-order chi connectivity index (χ1) is 5.96. The molecule has 1 saturated heterocycles. The predicted molar refractivity (Wildman–Crippen MR) is 51.6 cm³/mol. The summed E-state index contributed by atoms with van der Waals surface area (Å²) in [6, 6.07) is 0.333. The summed E-state index contributed by atoms with van der Waals surface area (Å²) in [4.78, 5) is 13.2. The third-order valence-electron chi connectivity index (χ3n) is 2.66. The van der Waals surface area contributed by atoms with E-state index >= 15 is 0 Å². The molecular weight excluding hydrogens is 166 g/mol. The van der Waals surface area contributed by atoms with E-state index < -0.39 is 0 Å². The number of rotatable bonds is 0. The minimum atomic E-state index is -0.183. The molecule has 3 heteroatoms. The maximum Gasteiger partial charge on any atom is 0.409 e. The molecule has 1 heterocycles. The lowest BCUT2D eigenvalue weighted by Crippen LogP contribution is -2.42. The predicted octanol–water partition coefficient (Wildman–Crippen LogP) is 2.26. The van der Waals surface area contributed by atoms with Crippen LogP contribution in [0.4, 0.5) is 4.79 Å². The largest absolute Gasteiger partial charge is 0.453 e. The summed E-state index contributed by atoms with van der Waals surface area (Å²) in [6.07, 6.45) is 2.01. The lowest BCUT2D eigenvalue weighted by atomic mass is 9.85. The van der Waals surface area contributed by atoms with Gasteiger partial charge in [0.25, 0.3) is 0 Å². The average molecular weight is 185 g/mol. The van der Waals surface area contributed by atoms with Gasteiger partial charge in [-0.3, -0.25) is 0 Å². The molecule has 0 aliphatic carbocycles. The van der Waals surface area contributed by atoms with Crippen LogP contribution in [0.3, 0.4) is 0 Å². The fourth-order valence-electron chi connectivity index (χ4n) is 2.00. The van der Waals surface area contributed by atoms with Gasteiger partial charge >= 0.3 is 6.09 Å². The van der Waals surface area contributed by atoms with E-state index in [2.05, 4.69) is 20.8 Å². The van der Waals surface area contributed by atoms with E-state index in [4.69, 9.17) is 4.74 Å². The molecule has 0 bridgehead atoms. The summed E-state index contributed by atoms with van der Waals surface area (Å²) in [5, 5.41) is 0. The SMILES string of the molecule is COC(=O)N1CCC[C@@H]1C(C)(C)C. The minimum Gasteiger partial charge on any atom is -0.453 e. The molecule has 13 heavy (non-hydrogen) atoms. The number of methoxy groups -OCH3 is 1. The van der Waals surface area contributed by atoms with E-state index in [-0.39, 0.29) is 11.5 Å². The van der Waals surface area contributed by atoms with Gasteiger partial charge in [0.1, 0.15) is 0 Å². The Labute approximate surface area is 80.1 Å². The topological polar surface area (TPSA) is 29.5 Å². The van der Waals surface area contributed by atoms with Crippen molar-refractivity contribution in [1.29, 1.82) is 0 Å². The van der Waals surface area contributed by atoms with Crippen molar-refractivity contribution in [1.82, 2.24) is 4.90 Å². The third-order valence-corrected chi connectivity index (χ3v) is 2.66. The Balaban J connectivity index is 2.70. The van der Waals surface area contributed by atoms with Crippen LogP contribution in [-0.2, 0) is 4.74 Å². The quantitative estimate of drug-likeness (QED) is 0.579. The monoisotopic (exact) mass is 185 g/mol. The van der Waals surface area contributed by atoms with Crippen molar-refractivity contribution in [3.8, 4) is 0 Å². The van der Waals surface area contributed by atoms with Gasteiger partial charge < -0.3 is 9.64 Å². The molecule has 1 atom stereocenters. The zero-order chi connectivity index (χ0) is 10.1. The Kier molecular flexibility index (Phi) is 2.84. The Morgan fingerprint density at radius 3 is 2.54 bits per heavy atom. The maximum absolute atomic E-state index is 11.4. The van der Waals surface area contributed by atoms with Crippen LogP contribution in [0.2, 0.25) is 0 Å². The molecule has 0 radical (unpaired) electrons. The standard InChI is InChI=1S/C10H19NO2/c1-10(2,3)8-6-5-7-11(8)9(12)13-4/h8H,5-7H2,1-4H3/t8-/m1/s1. The Morgan fingerprint density at radius 1 is 1.46 bits per heavy atom. The summed E-state index contributed by atoms with van der Waals surface area (Å²) in [6.45, 7) is 7.34. The molecule has 0 aromatic rings. The van der Waals surface area contributed by atoms with Crippen molar-refractivity contribution < 1.29 is 9.53 Å². The number of hydrogen-bond acceptors (Lipinski definition) is 2. The molecule has 0 saturated carbocycles. The first-order valence-electron chi connectivity index (χ1n) is 4.81. The number of likely N-dealkylation sites (tertiary alicyclic amines) is 1. The van der Waals surface area contributed by atoms with Crippen LogP contribution in [0.25, 0.3) is 0 Å². The van der Waals surface area contributed by atoms with Crippen LogP contribution in [0.1, 0.15) is 33.6 Å². The molecule has 0 unspecified atom stereocenters. The van der Waals surface area contributed by atoms with Crippen LogP contribution in [0, 0.1) is 5.41 Å². The lowest BCUT2D eigenvalue weighted by molar-refractivity contribution is 0.0907. The second-order valence-electron chi connectivity index (χ2n) is 4.69. The van der Waals surface area contributed by atoms with Gasteiger partial charge in [-0.1, -0.05) is 20.8 Å². The first-order valence-corrected chi connectivity index (χ1v) is 4.81. The summed E-state index contributed by atoms with van der Waals surface area (Å²) in [5.41, 5.74) is 0.157. The van der Waals surface area contributed by atoms with Crippen molar-refractivity contribution in [3.63, 3.8) is 0 Å². The Hall–Kier alpha value is -0.730. The summed E-state index contributed by atoms with van der Waals surface area (Å²) in [7, 11) is 1.44. The van der Waals surface area contributed by atoms with E-state index in [0.717, 1.165) is 19.4 Å². The van der Waals surface area contributed by atoms with E-state index in [1.807, 2.05) is 4.90 Å². The zero-order valence-corrected chi connectivity index (χ0v) is 8.96. The first kappa shape index (κ1) is 10.4. The molecule has 76 valence electrons. The molecule has 1 fully saturated rings. The third kappa shape index (κ3) is 2.14. The molecule has 1 aliphatic rings. The number of hydrogen-bond donors (Lipinski definition) is 0. The molecule has 1 amide bonds. The van der Waals surface area contributed by atoms with Gasteiger partial charge in [0.05, 0.1) is 7.11 Å². The fourth-order valence-corrected chi connectivity index (χ4v) is 2.00. The zero-order valence-electron chi connectivity index (χ0n) is 8.96. The smallest absolute Gasteiger partial charge is 0.409 e. The highest BCUT2D eigenvalue weighted by Crippen LogP contribution is 2.32. The van der Waals surface area contributed by atoms with Gasteiger partial charge in [-0.15, -0.1) is 0 Å². The van der Waals surface area contributed by atoms with Gasteiger partial charge in [0.15, 0.2) is 0 Å². The van der Waals surface area contributed by atoms with Crippen molar-refractivity contribution >= 4 is 6.09 Å². The second kappa shape index (κ2) is 3.56. The molecular formula is C10H19NO2. The van der Waals surface area contributed by atoms with Crippen LogP contribution in [-0.4, -0.2) is 30.7 Å². The van der Waals surface area contributed by atoms with E-state index in [1.165, 1.54) is 7.11 Å². The van der Waals surface area contributed by atoms with Crippen molar-refractivity contribution in [2.75, 3.05) is 13.7 Å². The highest BCUT2D eigenvalue weighted by molar-refractivity contribution is 5.68. The molecule has 0 spiro atoms. The summed E-state index contributed by atoms with van der Waals surface area (Å²) >= 11 is 0. The van der Waals surface area contributed by atoms with Crippen LogP contribution in [0.5, 0.6) is 0 Å². The molecule has 1 rings (SSSR count). The van der Waals surface area contributed by atoms with Crippen LogP contribution >= 0.6 is 0 Å². The van der Waals surface area contributed by atoms with Crippen LogP contribution < -0.4 is 0 Å². The van der Waals surface area contributed by atoms with Gasteiger partial charge in [-0.05, 0) is 18.3 Å². The number of carbonyl (C=O) groups is 1. The number of carbonyl (C=O) groups excluding carboxylic acids is 1. The van der Waals surface area contributed by atoms with Crippen LogP contribution in [0.15, 0.2) is 0 Å². The molecule has 3 nitrogen and oxygen atoms in total. The highest BCUT2D eigenvalue weighted by Gasteiger charge is 2.37. The normalized spacial score (nSPS) is 23.4. The van der Waals surface area contributed by atoms with Gasteiger partial charge in [-0.25, -0.2) is 4.79 Å². The van der Waals surface area contributed by atoms with E-state index in [0.29, 0.717) is 6.04 Å². The minimum absolute atomic E-state index is 0.157. The summed E-state index contributed by atoms with van der Waals surface area (Å²) < 4.78 is 4.75. The summed E-state index contributed by atoms with van der Waals surface area (Å²) in [5.74, 6) is 0. The highest BCUT2D eigenvalue weighted by atomic mass is 16.5. The maximum atomic E-state index is 11.4. The number of ether oxygens (including phenoxy) is 1. The van der Waals surface area contributed by atoms with Crippen molar-refractivity contribution in [2.45, 2.75) is 39.7 Å². The number of amides is 1. The molecule has 0 N–H and O–H groups in total. The second-order valence-corrected chi connectivity index (χ2v) is 4.69. The number of nitrogens with zero attached hydrogens (tertiary/aromatic N) is 1. The Morgan fingerprint density at radius 2 is 2.08 bits per heavy atom. The van der Waals surface area contributed by atoms with E-state index in [9.17, 15) is 4.79 Å².